The first kappa shape index (κ1) is 14.6. The van der Waals surface area contributed by atoms with Gasteiger partial charge in [0.25, 0.3) is 17.4 Å². The minimum atomic E-state index is -0.850. The molecule has 8 heteroatoms. The molecule has 2 rings (SSSR count). The highest BCUT2D eigenvalue weighted by molar-refractivity contribution is 6.52. The van der Waals surface area contributed by atoms with E-state index in [1.54, 1.807) is 0 Å². The monoisotopic (exact) mass is 291 g/mol. The van der Waals surface area contributed by atoms with Gasteiger partial charge < -0.3 is 5.32 Å². The van der Waals surface area contributed by atoms with E-state index in [0.29, 0.717) is 6.54 Å². The molecule has 0 aliphatic carbocycles. The number of hydrogen-bond donors (Lipinski definition) is 1. The number of nitrogens with zero attached hydrogens (tertiary/aromatic N) is 2. The molecule has 1 N–H and O–H groups in total. The van der Waals surface area contributed by atoms with Gasteiger partial charge in [-0.3, -0.25) is 29.4 Å². The van der Waals surface area contributed by atoms with Gasteiger partial charge in [0.15, 0.2) is 0 Å². The molecule has 0 unspecified atom stereocenters. The number of benzene rings is 1. The number of nitro benzene ring substituents is 1. The number of nitrogens with one attached hydrogen (secondary N) is 1. The Hall–Kier alpha value is -2.77. The second-order valence-corrected chi connectivity index (χ2v) is 4.53. The number of fused-ring (bicyclic) bond motifs is 1. The van der Waals surface area contributed by atoms with Crippen molar-refractivity contribution in [1.29, 1.82) is 0 Å². The second-order valence-electron chi connectivity index (χ2n) is 4.53. The highest BCUT2D eigenvalue weighted by Gasteiger charge is 2.37. The van der Waals surface area contributed by atoms with Gasteiger partial charge in [0, 0.05) is 18.7 Å². The zero-order chi connectivity index (χ0) is 15.6. The van der Waals surface area contributed by atoms with Crippen LogP contribution in [0.4, 0.5) is 11.4 Å². The van der Waals surface area contributed by atoms with Crippen LogP contribution in [-0.2, 0) is 9.59 Å². The van der Waals surface area contributed by atoms with E-state index >= 15 is 0 Å². The van der Waals surface area contributed by atoms with E-state index in [4.69, 9.17) is 0 Å². The predicted octanol–water partition coefficient (Wildman–Crippen LogP) is 0.650. The summed E-state index contributed by atoms with van der Waals surface area (Å²) in [5.41, 5.74) is -0.0908. The Kier molecular flexibility index (Phi) is 3.97. The summed E-state index contributed by atoms with van der Waals surface area (Å²) in [5.74, 6) is -2.07. The first-order valence-corrected chi connectivity index (χ1v) is 6.37. The van der Waals surface area contributed by atoms with Crippen LogP contribution in [0.1, 0.15) is 23.7 Å². The van der Waals surface area contributed by atoms with Crippen LogP contribution >= 0.6 is 0 Å². The van der Waals surface area contributed by atoms with Crippen molar-refractivity contribution in [2.24, 2.45) is 0 Å². The number of carbonyl (C=O) groups excluding carboxylic acids is 3. The highest BCUT2D eigenvalue weighted by Crippen LogP contribution is 2.31. The van der Waals surface area contributed by atoms with Crippen LogP contribution in [0.3, 0.4) is 0 Å². The molecule has 0 aromatic heterocycles. The lowest BCUT2D eigenvalue weighted by Crippen LogP contribution is -2.40. The van der Waals surface area contributed by atoms with Gasteiger partial charge in [-0.15, -0.1) is 0 Å². The van der Waals surface area contributed by atoms with Crippen LogP contribution in [0.2, 0.25) is 0 Å². The standard InChI is InChI=1S/C13H13N3O5/c1-2-5-14-11(17)7-15-10-4-3-8(16(20)21)6-9(10)12(18)13(15)19/h3-4,6H,2,5,7H2,1H3,(H,14,17). The number of hydrogen-bond acceptors (Lipinski definition) is 5. The topological polar surface area (TPSA) is 110 Å². The van der Waals surface area contributed by atoms with Crippen molar-refractivity contribution in [1.82, 2.24) is 5.32 Å². The number of amides is 2. The average Bonchev–Trinajstić information content (AvgIpc) is 2.70. The first-order valence-electron chi connectivity index (χ1n) is 6.37. The lowest BCUT2D eigenvalue weighted by Gasteiger charge is -2.15. The van der Waals surface area contributed by atoms with E-state index in [-0.39, 0.29) is 29.4 Å². The third kappa shape index (κ3) is 2.73. The van der Waals surface area contributed by atoms with Crippen molar-refractivity contribution in [2.45, 2.75) is 13.3 Å². The second kappa shape index (κ2) is 5.70. The van der Waals surface area contributed by atoms with Crippen molar-refractivity contribution in [3.8, 4) is 0 Å². The van der Waals surface area contributed by atoms with Crippen LogP contribution in [-0.4, -0.2) is 35.6 Å². The fourth-order valence-electron chi connectivity index (χ4n) is 2.02. The van der Waals surface area contributed by atoms with Gasteiger partial charge in [0.2, 0.25) is 5.91 Å². The molecule has 1 aromatic rings. The number of rotatable bonds is 5. The molecule has 0 spiro atoms. The van der Waals surface area contributed by atoms with Gasteiger partial charge in [-0.2, -0.15) is 0 Å². The maximum Gasteiger partial charge on any atom is 0.299 e. The molecule has 1 aliphatic heterocycles. The van der Waals surface area contributed by atoms with Crippen molar-refractivity contribution in [3.05, 3.63) is 33.9 Å². The molecule has 110 valence electrons. The quantitative estimate of drug-likeness (QED) is 0.486. The van der Waals surface area contributed by atoms with E-state index < -0.39 is 16.6 Å². The lowest BCUT2D eigenvalue weighted by atomic mass is 10.1. The van der Waals surface area contributed by atoms with Crippen molar-refractivity contribution >= 4 is 29.0 Å². The van der Waals surface area contributed by atoms with Gasteiger partial charge in [0.05, 0.1) is 16.2 Å². The molecule has 0 saturated heterocycles. The summed E-state index contributed by atoms with van der Waals surface area (Å²) in [7, 11) is 0. The summed E-state index contributed by atoms with van der Waals surface area (Å²) in [6.07, 6.45) is 0.751. The molecule has 1 aromatic carbocycles. The van der Waals surface area contributed by atoms with Crippen LogP contribution in [0, 0.1) is 10.1 Å². The molecule has 2 amide bonds. The van der Waals surface area contributed by atoms with E-state index in [1.165, 1.54) is 12.1 Å². The molecule has 21 heavy (non-hydrogen) atoms. The third-order valence-corrected chi connectivity index (χ3v) is 3.04. The third-order valence-electron chi connectivity index (χ3n) is 3.04. The van der Waals surface area contributed by atoms with Gasteiger partial charge in [0.1, 0.15) is 6.54 Å². The smallest absolute Gasteiger partial charge is 0.299 e. The lowest BCUT2D eigenvalue weighted by molar-refractivity contribution is -0.384. The summed E-state index contributed by atoms with van der Waals surface area (Å²) in [6.45, 7) is 2.08. The molecule has 1 aliphatic rings. The summed E-state index contributed by atoms with van der Waals surface area (Å²) >= 11 is 0. The molecule has 0 fully saturated rings. The Balaban J connectivity index is 2.27. The van der Waals surface area contributed by atoms with Gasteiger partial charge in [-0.25, -0.2) is 0 Å². The van der Waals surface area contributed by atoms with Gasteiger partial charge >= 0.3 is 0 Å². The predicted molar refractivity (Wildman–Crippen MR) is 73.1 cm³/mol. The number of non-ortho nitro benzene ring substituents is 1. The normalized spacial score (nSPS) is 13.3. The molecule has 0 bridgehead atoms. The largest absolute Gasteiger partial charge is 0.355 e. The summed E-state index contributed by atoms with van der Waals surface area (Å²) in [5, 5.41) is 13.3. The fourth-order valence-corrected chi connectivity index (χ4v) is 2.02. The molecule has 1 heterocycles. The highest BCUT2D eigenvalue weighted by atomic mass is 16.6. The molecule has 0 atom stereocenters. The number of Topliss-reactive ketones (excluding diaryl/α,β-unsaturated/α-hetero) is 1. The summed E-state index contributed by atoms with van der Waals surface area (Å²) in [6, 6.07) is 3.56. The number of nitro groups is 1. The van der Waals surface area contributed by atoms with Crippen LogP contribution in [0.25, 0.3) is 0 Å². The van der Waals surface area contributed by atoms with Crippen molar-refractivity contribution in [2.75, 3.05) is 18.0 Å². The Morgan fingerprint density at radius 1 is 1.38 bits per heavy atom. The van der Waals surface area contributed by atoms with Crippen LogP contribution in [0.15, 0.2) is 18.2 Å². The summed E-state index contributed by atoms with van der Waals surface area (Å²) in [4.78, 5) is 46.5. The average molecular weight is 291 g/mol. The Labute approximate surface area is 119 Å². The minimum absolute atomic E-state index is 0.0440. The van der Waals surface area contributed by atoms with Crippen LogP contribution < -0.4 is 10.2 Å². The zero-order valence-electron chi connectivity index (χ0n) is 11.3. The van der Waals surface area contributed by atoms with E-state index in [1.807, 2.05) is 6.92 Å². The molecule has 0 saturated carbocycles. The number of anilines is 1. The Morgan fingerprint density at radius 2 is 2.10 bits per heavy atom. The van der Waals surface area contributed by atoms with Gasteiger partial charge in [-0.1, -0.05) is 6.92 Å². The molecule has 8 nitrogen and oxygen atoms in total. The Morgan fingerprint density at radius 3 is 2.71 bits per heavy atom. The van der Waals surface area contributed by atoms with Gasteiger partial charge in [-0.05, 0) is 12.5 Å². The molecule has 0 radical (unpaired) electrons. The van der Waals surface area contributed by atoms with Crippen LogP contribution in [0.5, 0.6) is 0 Å². The maximum absolute atomic E-state index is 11.9. The molecular weight excluding hydrogens is 278 g/mol. The Bertz CT molecular complexity index is 641. The number of ketones is 1. The van der Waals surface area contributed by atoms with E-state index in [9.17, 15) is 24.5 Å². The van der Waals surface area contributed by atoms with E-state index in [2.05, 4.69) is 5.32 Å². The SMILES string of the molecule is CCCNC(=O)CN1C(=O)C(=O)c2cc([N+](=O)[O-])ccc21. The summed E-state index contributed by atoms with van der Waals surface area (Å²) < 4.78 is 0. The fraction of sp³-hybridized carbons (Fsp3) is 0.308. The number of carbonyl (C=O) groups is 3. The first-order chi connectivity index (χ1) is 9.95. The van der Waals surface area contributed by atoms with Crippen molar-refractivity contribution in [3.63, 3.8) is 0 Å². The minimum Gasteiger partial charge on any atom is -0.355 e. The van der Waals surface area contributed by atoms with E-state index in [0.717, 1.165) is 17.4 Å². The van der Waals surface area contributed by atoms with Crippen molar-refractivity contribution < 1.29 is 19.3 Å². The molecular formula is C13H13N3O5. The zero-order valence-corrected chi connectivity index (χ0v) is 11.3. The maximum atomic E-state index is 11.9.